The average Bonchev–Trinajstić information content (AvgIpc) is 3.43. The van der Waals surface area contributed by atoms with Gasteiger partial charge in [-0.25, -0.2) is 4.90 Å². The van der Waals surface area contributed by atoms with Gasteiger partial charge in [-0.15, -0.1) is 0 Å². The summed E-state index contributed by atoms with van der Waals surface area (Å²) in [7, 11) is 1.50. The van der Waals surface area contributed by atoms with Gasteiger partial charge in [0.05, 0.1) is 28.7 Å². The van der Waals surface area contributed by atoms with Crippen molar-refractivity contribution in [3.63, 3.8) is 0 Å². The van der Waals surface area contributed by atoms with E-state index in [1.54, 1.807) is 30.3 Å². The third kappa shape index (κ3) is 5.00. The Labute approximate surface area is 253 Å². The van der Waals surface area contributed by atoms with Gasteiger partial charge in [-0.2, -0.15) is 0 Å². The zero-order chi connectivity index (χ0) is 30.4. The molecule has 6 rings (SSSR count). The maximum atomic E-state index is 14.0. The fraction of sp³-hybridized carbons (Fsp3) is 0.200. The number of nitrogens with zero attached hydrogens (tertiary/aromatic N) is 3. The van der Waals surface area contributed by atoms with E-state index >= 15 is 0 Å². The fourth-order valence-corrected chi connectivity index (χ4v) is 8.32. The predicted molar refractivity (Wildman–Crippen MR) is 162 cm³/mol. The van der Waals surface area contributed by atoms with Gasteiger partial charge in [-0.1, -0.05) is 53.4 Å². The summed E-state index contributed by atoms with van der Waals surface area (Å²) in [5.41, 5.74) is 2.23. The number of methoxy groups -OCH3 is 1. The molecule has 1 saturated heterocycles. The van der Waals surface area contributed by atoms with Gasteiger partial charge in [-0.3, -0.25) is 33.9 Å². The lowest BCUT2D eigenvalue weighted by Gasteiger charge is -2.31. The number of aromatic nitrogens is 1. The zero-order valence-electron chi connectivity index (χ0n) is 22.9. The van der Waals surface area contributed by atoms with E-state index in [2.05, 4.69) is 5.32 Å². The number of ether oxygens (including phenoxy) is 1. The smallest absolute Gasteiger partial charge is 0.308 e. The lowest BCUT2D eigenvalue weighted by molar-refractivity contribution is -0.384. The molecular formula is C30H24N4O7S2. The van der Waals surface area contributed by atoms with Crippen molar-refractivity contribution in [1.29, 1.82) is 0 Å². The molecule has 3 aromatic carbocycles. The van der Waals surface area contributed by atoms with Gasteiger partial charge in [-0.05, 0) is 42.8 Å². The Kier molecular flexibility index (Phi) is 7.36. The molecule has 3 unspecified atom stereocenters. The number of hydrogen-bond donors (Lipinski definition) is 1. The van der Waals surface area contributed by atoms with Gasteiger partial charge >= 0.3 is 4.87 Å². The molecule has 0 saturated carbocycles. The summed E-state index contributed by atoms with van der Waals surface area (Å²) in [5.74, 6) is -2.51. The monoisotopic (exact) mass is 616 g/mol. The Bertz CT molecular complexity index is 1850. The number of thiazole rings is 1. The molecule has 0 radical (unpaired) electrons. The molecule has 0 aliphatic carbocycles. The number of anilines is 2. The van der Waals surface area contributed by atoms with Crippen LogP contribution >= 0.6 is 23.1 Å². The standard InChI is InChI=1S/C30H24N4O7S2/c1-16-6-5-7-17(14-16)31-22(35)15-32-29-26(43-30(32)38)23(20-8-3-4-9-21(20)41-2)24-25(42-29)28(37)33(27(24)36)18-10-12-19(13-11-18)34(39)40/h3-14,23-25H,15H2,1-2H3,(H,31,35). The maximum Gasteiger partial charge on any atom is 0.308 e. The summed E-state index contributed by atoms with van der Waals surface area (Å²) in [6, 6.07) is 19.6. The number of imide groups is 1. The van der Waals surface area contributed by atoms with Crippen molar-refractivity contribution in [3.05, 3.63) is 109 Å². The van der Waals surface area contributed by atoms with Gasteiger partial charge in [0, 0.05) is 34.2 Å². The number of para-hydroxylation sites is 1. The number of carbonyl (C=O) groups excluding carboxylic acids is 3. The van der Waals surface area contributed by atoms with Gasteiger partial charge in [0.2, 0.25) is 17.7 Å². The number of hydrogen-bond acceptors (Lipinski definition) is 9. The van der Waals surface area contributed by atoms with Gasteiger partial charge < -0.3 is 10.1 Å². The number of amides is 3. The Morgan fingerprint density at radius 3 is 2.47 bits per heavy atom. The van der Waals surface area contributed by atoms with Crippen molar-refractivity contribution in [2.24, 2.45) is 5.92 Å². The largest absolute Gasteiger partial charge is 0.496 e. The van der Waals surface area contributed by atoms with E-state index in [1.165, 1.54) is 35.9 Å². The van der Waals surface area contributed by atoms with E-state index in [-0.39, 0.29) is 22.8 Å². The fourth-order valence-electron chi connectivity index (χ4n) is 5.56. The molecule has 3 heterocycles. The van der Waals surface area contributed by atoms with Crippen LogP contribution in [-0.2, 0) is 20.9 Å². The first-order valence-corrected chi connectivity index (χ1v) is 14.9. The normalized spacial score (nSPS) is 19.1. The molecule has 13 heteroatoms. The van der Waals surface area contributed by atoms with Crippen molar-refractivity contribution in [3.8, 4) is 5.75 Å². The lowest BCUT2D eigenvalue weighted by Crippen LogP contribution is -2.33. The highest BCUT2D eigenvalue weighted by Crippen LogP contribution is 2.55. The van der Waals surface area contributed by atoms with Gasteiger partial charge in [0.1, 0.15) is 17.5 Å². The van der Waals surface area contributed by atoms with Crippen molar-refractivity contribution in [2.75, 3.05) is 17.3 Å². The summed E-state index contributed by atoms with van der Waals surface area (Å²) in [4.78, 5) is 66.2. The Hall–Kier alpha value is -4.75. The van der Waals surface area contributed by atoms with E-state index < -0.39 is 39.7 Å². The number of thioether (sulfide) groups is 1. The predicted octanol–water partition coefficient (Wildman–Crippen LogP) is 4.57. The van der Waals surface area contributed by atoms with E-state index in [1.807, 2.05) is 25.1 Å². The molecule has 1 fully saturated rings. The van der Waals surface area contributed by atoms with Crippen LogP contribution < -0.4 is 19.8 Å². The quantitative estimate of drug-likeness (QED) is 0.181. The molecule has 218 valence electrons. The SMILES string of the molecule is COc1ccccc1C1c2sc(=O)n(CC(=O)Nc3cccc(C)c3)c2SC2C(=O)N(c3ccc([N+](=O)[O-])cc3)C(=O)C21. The molecule has 1 N–H and O–H groups in total. The number of rotatable bonds is 7. The minimum atomic E-state index is -0.912. The summed E-state index contributed by atoms with van der Waals surface area (Å²) < 4.78 is 6.97. The van der Waals surface area contributed by atoms with Crippen LogP contribution in [0.15, 0.2) is 82.6 Å². The number of aryl methyl sites for hydroxylation is 1. The highest BCUT2D eigenvalue weighted by atomic mass is 32.2. The third-order valence-electron chi connectivity index (χ3n) is 7.45. The van der Waals surface area contributed by atoms with Crippen molar-refractivity contribution in [1.82, 2.24) is 4.57 Å². The summed E-state index contributed by atoms with van der Waals surface area (Å²) in [6.07, 6.45) is 0. The Morgan fingerprint density at radius 2 is 1.77 bits per heavy atom. The van der Waals surface area contributed by atoms with Crippen LogP contribution in [0.5, 0.6) is 5.75 Å². The summed E-state index contributed by atoms with van der Waals surface area (Å²) in [6.45, 7) is 1.62. The average molecular weight is 617 g/mol. The molecule has 4 aromatic rings. The van der Waals surface area contributed by atoms with Crippen LogP contribution in [0.3, 0.4) is 0 Å². The molecule has 2 aliphatic heterocycles. The molecule has 43 heavy (non-hydrogen) atoms. The van der Waals surface area contributed by atoms with Crippen molar-refractivity contribution >= 4 is 57.9 Å². The molecule has 0 spiro atoms. The number of nitro groups is 1. The molecule has 1 aromatic heterocycles. The summed E-state index contributed by atoms with van der Waals surface area (Å²) in [5, 5.41) is 13.5. The minimum Gasteiger partial charge on any atom is -0.496 e. The number of fused-ring (bicyclic) bond motifs is 2. The van der Waals surface area contributed by atoms with Gasteiger partial charge in [0.25, 0.3) is 5.69 Å². The van der Waals surface area contributed by atoms with Gasteiger partial charge in [0.15, 0.2) is 0 Å². The minimum absolute atomic E-state index is 0.170. The summed E-state index contributed by atoms with van der Waals surface area (Å²) >= 11 is 2.03. The third-order valence-corrected chi connectivity index (χ3v) is 10.0. The van der Waals surface area contributed by atoms with E-state index in [0.29, 0.717) is 26.9 Å². The van der Waals surface area contributed by atoms with E-state index in [4.69, 9.17) is 4.74 Å². The highest BCUT2D eigenvalue weighted by molar-refractivity contribution is 8.00. The second-order valence-corrected chi connectivity index (χ2v) is 12.2. The molecule has 3 amide bonds. The van der Waals surface area contributed by atoms with E-state index in [9.17, 15) is 29.3 Å². The molecule has 2 aliphatic rings. The molecule has 0 bridgehead atoms. The van der Waals surface area contributed by atoms with Crippen molar-refractivity contribution < 1.29 is 24.0 Å². The second kappa shape index (κ2) is 11.2. The van der Waals surface area contributed by atoms with Crippen LogP contribution in [0.25, 0.3) is 0 Å². The maximum absolute atomic E-state index is 14.0. The van der Waals surface area contributed by atoms with Crippen LogP contribution in [0.1, 0.15) is 21.9 Å². The Balaban J connectivity index is 1.42. The zero-order valence-corrected chi connectivity index (χ0v) is 24.5. The second-order valence-electron chi connectivity index (χ2n) is 10.1. The number of nitro benzene ring substituents is 1. The Morgan fingerprint density at radius 1 is 1.02 bits per heavy atom. The lowest BCUT2D eigenvalue weighted by atomic mass is 9.82. The van der Waals surface area contributed by atoms with Crippen LogP contribution in [0, 0.1) is 23.0 Å². The highest BCUT2D eigenvalue weighted by Gasteiger charge is 2.57. The first-order chi connectivity index (χ1) is 20.7. The molecular weight excluding hydrogens is 592 g/mol. The number of benzene rings is 3. The molecule has 11 nitrogen and oxygen atoms in total. The first-order valence-electron chi connectivity index (χ1n) is 13.2. The number of nitrogens with one attached hydrogen (secondary N) is 1. The molecule has 3 atom stereocenters. The van der Waals surface area contributed by atoms with E-state index in [0.717, 1.165) is 33.6 Å². The topological polar surface area (TPSA) is 141 Å². The first kappa shape index (κ1) is 28.4. The number of non-ortho nitro benzene ring substituents is 1. The van der Waals surface area contributed by atoms with Crippen molar-refractivity contribution in [2.45, 2.75) is 29.7 Å². The number of carbonyl (C=O) groups is 3. The van der Waals surface area contributed by atoms with Crippen LogP contribution in [0.2, 0.25) is 0 Å². The van der Waals surface area contributed by atoms with Crippen LogP contribution in [-0.4, -0.2) is 39.6 Å². The van der Waals surface area contributed by atoms with Crippen LogP contribution in [0.4, 0.5) is 17.1 Å².